The van der Waals surface area contributed by atoms with E-state index in [9.17, 15) is 13.2 Å². The molecule has 1 aliphatic heterocycles. The summed E-state index contributed by atoms with van der Waals surface area (Å²) in [5, 5.41) is 0. The molecule has 0 aromatic heterocycles. The first-order chi connectivity index (χ1) is 7.92. The van der Waals surface area contributed by atoms with Gasteiger partial charge in [0.1, 0.15) is 0 Å². The molecule has 1 heterocycles. The second kappa shape index (κ2) is 4.47. The van der Waals surface area contributed by atoms with Gasteiger partial charge in [0.15, 0.2) is 17.8 Å². The minimum atomic E-state index is -3.72. The average molecular weight is 342 g/mol. The van der Waals surface area contributed by atoms with Crippen molar-refractivity contribution in [1.82, 2.24) is 0 Å². The number of hydrogen-bond donors (Lipinski definition) is 0. The van der Waals surface area contributed by atoms with Crippen LogP contribution in [0.1, 0.15) is 15.9 Å². The largest absolute Gasteiger partial charge is 0.453 e. The maximum absolute atomic E-state index is 11.1. The quantitative estimate of drug-likeness (QED) is 0.622. The molecule has 0 unspecified atom stereocenters. The Kier molecular flexibility index (Phi) is 3.33. The normalized spacial score (nSPS) is 13.8. The van der Waals surface area contributed by atoms with Crippen LogP contribution in [0.5, 0.6) is 11.5 Å². The number of rotatable bonds is 3. The van der Waals surface area contributed by atoms with Gasteiger partial charge in [-0.15, -0.1) is 0 Å². The fourth-order valence-electron chi connectivity index (χ4n) is 1.51. The first-order valence-corrected chi connectivity index (χ1v) is 7.68. The van der Waals surface area contributed by atoms with Crippen molar-refractivity contribution >= 4 is 41.9 Å². The predicted octanol–water partition coefficient (Wildman–Crippen LogP) is 2.06. The molecular formula is C9H6BrClO5S. The summed E-state index contributed by atoms with van der Waals surface area (Å²) in [5.41, 5.74) is 0.637. The molecule has 1 aromatic carbocycles. The number of ether oxygens (including phenoxy) is 2. The van der Waals surface area contributed by atoms with Crippen LogP contribution in [0.2, 0.25) is 0 Å². The van der Waals surface area contributed by atoms with Crippen LogP contribution in [0.3, 0.4) is 0 Å². The Bertz CT molecular complexity index is 584. The second-order valence-corrected chi connectivity index (χ2v) is 6.92. The van der Waals surface area contributed by atoms with E-state index in [1.165, 1.54) is 6.07 Å². The van der Waals surface area contributed by atoms with Gasteiger partial charge in [-0.05, 0) is 6.07 Å². The van der Waals surface area contributed by atoms with Crippen LogP contribution in [0.25, 0.3) is 0 Å². The van der Waals surface area contributed by atoms with E-state index in [2.05, 4.69) is 15.9 Å². The summed E-state index contributed by atoms with van der Waals surface area (Å²) >= 11 is 3.18. The minimum absolute atomic E-state index is 0.0536. The molecule has 0 amide bonds. The summed E-state index contributed by atoms with van der Waals surface area (Å²) in [4.78, 5) is 10.8. The molecule has 0 spiro atoms. The van der Waals surface area contributed by atoms with Crippen molar-refractivity contribution in [2.75, 3.05) is 6.79 Å². The minimum Gasteiger partial charge on any atom is -0.453 e. The lowest BCUT2D eigenvalue weighted by Crippen LogP contribution is -1.99. The lowest BCUT2D eigenvalue weighted by atomic mass is 10.1. The zero-order valence-corrected chi connectivity index (χ0v) is 11.4. The zero-order chi connectivity index (χ0) is 12.6. The van der Waals surface area contributed by atoms with Gasteiger partial charge < -0.3 is 9.47 Å². The van der Waals surface area contributed by atoms with E-state index in [-0.39, 0.29) is 18.3 Å². The molecule has 1 aromatic rings. The number of halogens is 2. The summed E-state index contributed by atoms with van der Waals surface area (Å²) in [6.07, 6.45) is 0.608. The summed E-state index contributed by atoms with van der Waals surface area (Å²) < 4.78 is 32.9. The molecular weight excluding hydrogens is 336 g/mol. The van der Waals surface area contributed by atoms with Gasteiger partial charge in [-0.2, -0.15) is 0 Å². The summed E-state index contributed by atoms with van der Waals surface area (Å²) in [6, 6.07) is 1.47. The van der Waals surface area contributed by atoms with Gasteiger partial charge in [-0.25, -0.2) is 8.42 Å². The Morgan fingerprint density at radius 2 is 2.06 bits per heavy atom. The van der Waals surface area contributed by atoms with Crippen LogP contribution in [0.15, 0.2) is 10.5 Å². The molecule has 0 saturated heterocycles. The van der Waals surface area contributed by atoms with Crippen molar-refractivity contribution in [2.24, 2.45) is 0 Å². The number of aldehydes is 1. The predicted molar refractivity (Wildman–Crippen MR) is 64.1 cm³/mol. The summed E-state index contributed by atoms with van der Waals surface area (Å²) in [6.45, 7) is -0.0536. The van der Waals surface area contributed by atoms with Gasteiger partial charge in [0.2, 0.25) is 15.8 Å². The molecule has 2 rings (SSSR count). The Balaban J connectivity index is 2.61. The molecule has 0 saturated carbocycles. The highest BCUT2D eigenvalue weighted by molar-refractivity contribution is 9.10. The Morgan fingerprint density at radius 3 is 2.65 bits per heavy atom. The fraction of sp³-hybridized carbons (Fsp3) is 0.222. The van der Waals surface area contributed by atoms with Gasteiger partial charge in [0.05, 0.1) is 11.3 Å². The fourth-order valence-corrected chi connectivity index (χ4v) is 3.22. The van der Waals surface area contributed by atoms with E-state index in [0.717, 1.165) is 0 Å². The highest BCUT2D eigenvalue weighted by Gasteiger charge is 2.26. The van der Waals surface area contributed by atoms with Crippen LogP contribution in [0, 0.1) is 0 Å². The third-order valence-corrected chi connectivity index (χ3v) is 3.83. The van der Waals surface area contributed by atoms with E-state index < -0.39 is 14.8 Å². The maximum atomic E-state index is 11.1. The smallest absolute Gasteiger partial charge is 0.236 e. The van der Waals surface area contributed by atoms with Gasteiger partial charge in [-0.3, -0.25) is 4.79 Å². The third-order valence-electron chi connectivity index (χ3n) is 2.16. The molecule has 8 heteroatoms. The Morgan fingerprint density at radius 1 is 1.41 bits per heavy atom. The monoisotopic (exact) mass is 340 g/mol. The number of carbonyl (C=O) groups excluding carboxylic acids is 1. The lowest BCUT2D eigenvalue weighted by molar-refractivity contribution is 0.111. The molecule has 0 bridgehead atoms. The van der Waals surface area contributed by atoms with E-state index in [4.69, 9.17) is 20.2 Å². The molecule has 0 N–H and O–H groups in total. The second-order valence-electron chi connectivity index (χ2n) is 3.29. The van der Waals surface area contributed by atoms with Crippen LogP contribution in [-0.4, -0.2) is 21.5 Å². The maximum Gasteiger partial charge on any atom is 0.236 e. The molecule has 0 aliphatic carbocycles. The molecule has 5 nitrogen and oxygen atoms in total. The molecule has 17 heavy (non-hydrogen) atoms. The Hall–Kier alpha value is -0.790. The molecule has 0 radical (unpaired) electrons. The van der Waals surface area contributed by atoms with E-state index in [0.29, 0.717) is 21.9 Å². The molecule has 0 atom stereocenters. The molecule has 92 valence electrons. The summed E-state index contributed by atoms with van der Waals surface area (Å²) in [7, 11) is 1.48. The van der Waals surface area contributed by atoms with Crippen molar-refractivity contribution in [2.45, 2.75) is 5.75 Å². The van der Waals surface area contributed by atoms with Gasteiger partial charge in [0.25, 0.3) is 0 Å². The van der Waals surface area contributed by atoms with Crippen LogP contribution < -0.4 is 9.47 Å². The van der Waals surface area contributed by atoms with Gasteiger partial charge >= 0.3 is 0 Å². The number of fused-ring (bicyclic) bond motifs is 1. The standard InChI is InChI=1S/C9H6BrClO5S/c10-7-1-5(2-12)8-9(16-4-15-8)6(7)3-17(11,13)14/h1-2H,3-4H2. The van der Waals surface area contributed by atoms with E-state index in [1.807, 2.05) is 0 Å². The Labute approximate surface area is 110 Å². The first-order valence-electron chi connectivity index (χ1n) is 4.41. The van der Waals surface area contributed by atoms with Gasteiger partial charge in [0, 0.05) is 20.7 Å². The van der Waals surface area contributed by atoms with Crippen molar-refractivity contribution in [3.63, 3.8) is 0 Å². The zero-order valence-electron chi connectivity index (χ0n) is 8.27. The number of benzene rings is 1. The highest BCUT2D eigenvalue weighted by Crippen LogP contribution is 2.43. The van der Waals surface area contributed by atoms with Crippen molar-refractivity contribution in [3.8, 4) is 11.5 Å². The number of hydrogen-bond acceptors (Lipinski definition) is 5. The summed E-state index contributed by atoms with van der Waals surface area (Å²) in [5.74, 6) is 0.0872. The first kappa shape index (κ1) is 12.7. The van der Waals surface area contributed by atoms with Gasteiger partial charge in [-0.1, -0.05) is 15.9 Å². The van der Waals surface area contributed by atoms with Crippen molar-refractivity contribution < 1.29 is 22.7 Å². The highest BCUT2D eigenvalue weighted by atomic mass is 79.9. The van der Waals surface area contributed by atoms with E-state index >= 15 is 0 Å². The van der Waals surface area contributed by atoms with Crippen LogP contribution >= 0.6 is 26.6 Å². The van der Waals surface area contributed by atoms with E-state index in [1.54, 1.807) is 0 Å². The molecule has 0 fully saturated rings. The molecule has 1 aliphatic rings. The van der Waals surface area contributed by atoms with Crippen LogP contribution in [-0.2, 0) is 14.8 Å². The lowest BCUT2D eigenvalue weighted by Gasteiger charge is -2.08. The topological polar surface area (TPSA) is 69.7 Å². The average Bonchev–Trinajstić information content (AvgIpc) is 2.69. The SMILES string of the molecule is O=Cc1cc(Br)c(CS(=O)(=O)Cl)c2c1OCO2. The number of carbonyl (C=O) groups is 1. The van der Waals surface area contributed by atoms with Crippen LogP contribution in [0.4, 0.5) is 0 Å². The van der Waals surface area contributed by atoms with Crippen molar-refractivity contribution in [3.05, 3.63) is 21.7 Å². The third kappa shape index (κ3) is 2.56. The van der Waals surface area contributed by atoms with Crippen molar-refractivity contribution in [1.29, 1.82) is 0 Å².